The number of carboxylic acid groups (broad SMARTS) is 1. The molecule has 0 spiro atoms. The second-order valence-corrected chi connectivity index (χ2v) is 6.11. The van der Waals surface area contributed by atoms with Crippen LogP contribution >= 0.6 is 0 Å². The lowest BCUT2D eigenvalue weighted by Crippen LogP contribution is -2.55. The molecule has 1 aliphatic heterocycles. The van der Waals surface area contributed by atoms with Gasteiger partial charge in [0.25, 0.3) is 5.91 Å². The molecule has 6 heteroatoms. The minimum Gasteiger partial charge on any atom is -0.490 e. The standard InChI is InChI=1S/C17H21NO5/c19-15(18-17(16(20)21)7-2-1-3-8-17)12-5-6-13-14(11-12)23-10-4-9-22-13/h5-6,11H,1-4,7-10H2,(H,18,19)(H,20,21). The Hall–Kier alpha value is -2.24. The third kappa shape index (κ3) is 3.25. The molecule has 2 N–H and O–H groups in total. The van der Waals surface area contributed by atoms with Crippen molar-refractivity contribution in [1.82, 2.24) is 5.32 Å². The third-order valence-corrected chi connectivity index (χ3v) is 4.48. The first-order valence-corrected chi connectivity index (χ1v) is 8.06. The molecule has 1 saturated carbocycles. The van der Waals surface area contributed by atoms with E-state index in [1.54, 1.807) is 18.2 Å². The number of amides is 1. The van der Waals surface area contributed by atoms with Crippen LogP contribution in [0.1, 0.15) is 48.9 Å². The Kier molecular flexibility index (Phi) is 4.41. The van der Waals surface area contributed by atoms with Crippen LogP contribution < -0.4 is 14.8 Å². The van der Waals surface area contributed by atoms with Gasteiger partial charge in [0.2, 0.25) is 0 Å². The summed E-state index contributed by atoms with van der Waals surface area (Å²) in [6.07, 6.45) is 4.37. The highest BCUT2D eigenvalue weighted by Gasteiger charge is 2.41. The maximum absolute atomic E-state index is 12.5. The Morgan fingerprint density at radius 3 is 2.39 bits per heavy atom. The average Bonchev–Trinajstić information content (AvgIpc) is 2.80. The van der Waals surface area contributed by atoms with Crippen LogP contribution in [0.2, 0.25) is 0 Å². The zero-order valence-electron chi connectivity index (χ0n) is 13.0. The van der Waals surface area contributed by atoms with Crippen LogP contribution in [-0.4, -0.2) is 35.7 Å². The van der Waals surface area contributed by atoms with Crippen molar-refractivity contribution in [2.45, 2.75) is 44.1 Å². The summed E-state index contributed by atoms with van der Waals surface area (Å²) in [4.78, 5) is 24.2. The van der Waals surface area contributed by atoms with E-state index in [0.717, 1.165) is 25.7 Å². The molecule has 0 saturated heterocycles. The molecule has 1 fully saturated rings. The fourth-order valence-corrected chi connectivity index (χ4v) is 3.14. The van der Waals surface area contributed by atoms with E-state index in [9.17, 15) is 14.7 Å². The van der Waals surface area contributed by atoms with Crippen molar-refractivity contribution < 1.29 is 24.2 Å². The number of ether oxygens (including phenoxy) is 2. The van der Waals surface area contributed by atoms with Gasteiger partial charge in [-0.25, -0.2) is 4.79 Å². The van der Waals surface area contributed by atoms with Crippen molar-refractivity contribution in [1.29, 1.82) is 0 Å². The molecule has 1 amide bonds. The fraction of sp³-hybridized carbons (Fsp3) is 0.529. The Morgan fingerprint density at radius 2 is 1.70 bits per heavy atom. The van der Waals surface area contributed by atoms with Crippen molar-refractivity contribution in [3.8, 4) is 11.5 Å². The number of hydrogen-bond donors (Lipinski definition) is 2. The summed E-state index contributed by atoms with van der Waals surface area (Å²) >= 11 is 0. The molecule has 23 heavy (non-hydrogen) atoms. The van der Waals surface area contributed by atoms with E-state index in [0.29, 0.717) is 43.1 Å². The lowest BCUT2D eigenvalue weighted by Gasteiger charge is -2.34. The summed E-state index contributed by atoms with van der Waals surface area (Å²) in [6, 6.07) is 4.96. The van der Waals surface area contributed by atoms with E-state index >= 15 is 0 Å². The Bertz CT molecular complexity index is 607. The van der Waals surface area contributed by atoms with Gasteiger partial charge in [0.05, 0.1) is 13.2 Å². The molecule has 0 aromatic heterocycles. The summed E-state index contributed by atoms with van der Waals surface area (Å²) in [5.74, 6) is -0.197. The van der Waals surface area contributed by atoms with E-state index < -0.39 is 11.5 Å². The Labute approximate surface area is 134 Å². The van der Waals surface area contributed by atoms with E-state index in [1.807, 2.05) is 0 Å². The first-order valence-electron chi connectivity index (χ1n) is 8.06. The highest BCUT2D eigenvalue weighted by atomic mass is 16.5. The number of benzene rings is 1. The summed E-state index contributed by atoms with van der Waals surface area (Å²) in [6.45, 7) is 1.12. The molecule has 1 aromatic carbocycles. The number of carboxylic acids is 1. The normalized spacial score (nSPS) is 19.5. The van der Waals surface area contributed by atoms with Gasteiger partial charge in [-0.1, -0.05) is 19.3 Å². The number of carbonyl (C=O) groups excluding carboxylic acids is 1. The molecular weight excluding hydrogens is 298 g/mol. The van der Waals surface area contributed by atoms with Crippen molar-refractivity contribution in [3.63, 3.8) is 0 Å². The van der Waals surface area contributed by atoms with Gasteiger partial charge in [0, 0.05) is 12.0 Å². The maximum atomic E-state index is 12.5. The highest BCUT2D eigenvalue weighted by Crippen LogP contribution is 2.32. The number of hydrogen-bond acceptors (Lipinski definition) is 4. The number of fused-ring (bicyclic) bond motifs is 1. The van der Waals surface area contributed by atoms with Gasteiger partial charge in [-0.05, 0) is 31.0 Å². The Morgan fingerprint density at radius 1 is 1.00 bits per heavy atom. The molecule has 6 nitrogen and oxygen atoms in total. The van der Waals surface area contributed by atoms with E-state index in [-0.39, 0.29) is 5.91 Å². The molecule has 3 rings (SSSR count). The lowest BCUT2D eigenvalue weighted by molar-refractivity contribution is -0.145. The fourth-order valence-electron chi connectivity index (χ4n) is 3.14. The molecule has 0 radical (unpaired) electrons. The molecule has 0 unspecified atom stereocenters. The second-order valence-electron chi connectivity index (χ2n) is 6.11. The number of aliphatic carboxylic acids is 1. The summed E-state index contributed by atoms with van der Waals surface area (Å²) in [5.41, 5.74) is -0.764. The Balaban J connectivity index is 1.79. The van der Waals surface area contributed by atoms with Crippen molar-refractivity contribution in [3.05, 3.63) is 23.8 Å². The monoisotopic (exact) mass is 319 g/mol. The van der Waals surface area contributed by atoms with E-state index in [4.69, 9.17) is 9.47 Å². The first-order chi connectivity index (χ1) is 11.1. The predicted molar refractivity (Wildman–Crippen MR) is 83.0 cm³/mol. The van der Waals surface area contributed by atoms with Gasteiger partial charge in [-0.3, -0.25) is 4.79 Å². The average molecular weight is 319 g/mol. The largest absolute Gasteiger partial charge is 0.490 e. The lowest BCUT2D eigenvalue weighted by atomic mass is 9.81. The first kappa shape index (κ1) is 15.6. The van der Waals surface area contributed by atoms with Crippen molar-refractivity contribution >= 4 is 11.9 Å². The van der Waals surface area contributed by atoms with Gasteiger partial charge in [-0.2, -0.15) is 0 Å². The predicted octanol–water partition coefficient (Wildman–Crippen LogP) is 2.37. The molecule has 1 aliphatic carbocycles. The van der Waals surface area contributed by atoms with Crippen LogP contribution in [0.15, 0.2) is 18.2 Å². The summed E-state index contributed by atoms with van der Waals surface area (Å²) in [5, 5.41) is 12.3. The zero-order valence-corrected chi connectivity index (χ0v) is 13.0. The molecule has 124 valence electrons. The molecular formula is C17H21NO5. The molecule has 2 aliphatic rings. The SMILES string of the molecule is O=C(NC1(C(=O)O)CCCCC1)c1ccc2c(c1)OCCCO2. The topological polar surface area (TPSA) is 84.9 Å². The molecule has 0 atom stereocenters. The van der Waals surface area contributed by atoms with Gasteiger partial charge < -0.3 is 19.9 Å². The number of nitrogens with one attached hydrogen (secondary N) is 1. The van der Waals surface area contributed by atoms with Crippen LogP contribution in [0.3, 0.4) is 0 Å². The van der Waals surface area contributed by atoms with E-state index in [1.165, 1.54) is 0 Å². The molecule has 1 aromatic rings. The van der Waals surface area contributed by atoms with Crippen LogP contribution in [0.4, 0.5) is 0 Å². The van der Waals surface area contributed by atoms with Gasteiger partial charge in [0.1, 0.15) is 5.54 Å². The second kappa shape index (κ2) is 6.48. The maximum Gasteiger partial charge on any atom is 0.329 e. The van der Waals surface area contributed by atoms with Crippen molar-refractivity contribution in [2.24, 2.45) is 0 Å². The van der Waals surface area contributed by atoms with Crippen LogP contribution in [0, 0.1) is 0 Å². The minimum atomic E-state index is -1.15. The third-order valence-electron chi connectivity index (χ3n) is 4.48. The van der Waals surface area contributed by atoms with Gasteiger partial charge in [-0.15, -0.1) is 0 Å². The van der Waals surface area contributed by atoms with Crippen LogP contribution in [-0.2, 0) is 4.79 Å². The van der Waals surface area contributed by atoms with Crippen molar-refractivity contribution in [2.75, 3.05) is 13.2 Å². The summed E-state index contributed by atoms with van der Waals surface area (Å²) in [7, 11) is 0. The number of carbonyl (C=O) groups is 2. The zero-order chi connectivity index (χ0) is 16.3. The minimum absolute atomic E-state index is 0.384. The summed E-state index contributed by atoms with van der Waals surface area (Å²) < 4.78 is 11.1. The van der Waals surface area contributed by atoms with Gasteiger partial charge in [0.15, 0.2) is 11.5 Å². The molecule has 0 bridgehead atoms. The van der Waals surface area contributed by atoms with E-state index in [2.05, 4.69) is 5.32 Å². The highest BCUT2D eigenvalue weighted by molar-refractivity contribution is 5.98. The smallest absolute Gasteiger partial charge is 0.329 e. The number of rotatable bonds is 3. The van der Waals surface area contributed by atoms with Crippen LogP contribution in [0.5, 0.6) is 11.5 Å². The molecule has 1 heterocycles. The van der Waals surface area contributed by atoms with Gasteiger partial charge >= 0.3 is 5.97 Å². The quantitative estimate of drug-likeness (QED) is 0.893. The van der Waals surface area contributed by atoms with Crippen LogP contribution in [0.25, 0.3) is 0 Å².